The van der Waals surface area contributed by atoms with E-state index in [1.807, 2.05) is 24.3 Å². The average molecular weight is 410 g/mol. The molecule has 0 unspecified atom stereocenters. The highest BCUT2D eigenvalue weighted by Crippen LogP contribution is 2.30. The zero-order chi connectivity index (χ0) is 20.4. The van der Waals surface area contributed by atoms with Gasteiger partial charge in [0.15, 0.2) is 6.10 Å². The molecule has 1 aliphatic carbocycles. The predicted octanol–water partition coefficient (Wildman–Crippen LogP) is 4.35. The SMILES string of the molecule is C[C@@H](OC(=O)c1c2c(nc3ccccc13)CCCC2)C(=O)Nc1ccc(Cl)cn1. The third-order valence-electron chi connectivity index (χ3n) is 5.01. The van der Waals surface area contributed by atoms with Crippen LogP contribution in [-0.4, -0.2) is 27.9 Å². The summed E-state index contributed by atoms with van der Waals surface area (Å²) in [7, 11) is 0. The summed E-state index contributed by atoms with van der Waals surface area (Å²) in [6, 6.07) is 10.7. The first-order valence-corrected chi connectivity index (χ1v) is 9.94. The molecule has 0 spiro atoms. The summed E-state index contributed by atoms with van der Waals surface area (Å²) in [6.45, 7) is 1.54. The Hall–Kier alpha value is -2.99. The summed E-state index contributed by atoms with van der Waals surface area (Å²) in [6.07, 6.45) is 4.14. The van der Waals surface area contributed by atoms with Crippen molar-refractivity contribution in [3.8, 4) is 0 Å². The minimum absolute atomic E-state index is 0.342. The Morgan fingerprint density at radius 3 is 2.72 bits per heavy atom. The van der Waals surface area contributed by atoms with E-state index in [0.717, 1.165) is 47.8 Å². The summed E-state index contributed by atoms with van der Waals surface area (Å²) >= 11 is 5.80. The van der Waals surface area contributed by atoms with Crippen LogP contribution >= 0.6 is 11.6 Å². The first-order valence-electron chi connectivity index (χ1n) is 9.57. The topological polar surface area (TPSA) is 81.2 Å². The molecule has 0 saturated heterocycles. The number of hydrogen-bond donors (Lipinski definition) is 1. The van der Waals surface area contributed by atoms with Crippen LogP contribution in [0, 0.1) is 0 Å². The fraction of sp³-hybridized carbons (Fsp3) is 0.273. The molecule has 148 valence electrons. The van der Waals surface area contributed by atoms with Gasteiger partial charge >= 0.3 is 5.97 Å². The van der Waals surface area contributed by atoms with Gasteiger partial charge in [0.25, 0.3) is 5.91 Å². The highest BCUT2D eigenvalue weighted by Gasteiger charge is 2.26. The molecule has 29 heavy (non-hydrogen) atoms. The summed E-state index contributed by atoms with van der Waals surface area (Å²) in [5.41, 5.74) is 3.17. The number of rotatable bonds is 4. The van der Waals surface area contributed by atoms with Crippen LogP contribution in [-0.2, 0) is 22.4 Å². The molecule has 1 atom stereocenters. The van der Waals surface area contributed by atoms with Crippen LogP contribution < -0.4 is 5.32 Å². The molecule has 2 heterocycles. The third-order valence-corrected chi connectivity index (χ3v) is 5.23. The Morgan fingerprint density at radius 2 is 1.93 bits per heavy atom. The number of carbonyl (C=O) groups excluding carboxylic acids is 2. The fourth-order valence-corrected chi connectivity index (χ4v) is 3.67. The number of ether oxygens (including phenoxy) is 1. The van der Waals surface area contributed by atoms with E-state index in [4.69, 9.17) is 21.3 Å². The number of esters is 1. The minimum Gasteiger partial charge on any atom is -0.449 e. The summed E-state index contributed by atoms with van der Waals surface area (Å²) in [5.74, 6) is -0.622. The Bertz CT molecular complexity index is 1080. The number of fused-ring (bicyclic) bond motifs is 2. The highest BCUT2D eigenvalue weighted by atomic mass is 35.5. The number of benzene rings is 1. The Balaban J connectivity index is 1.58. The summed E-state index contributed by atoms with van der Waals surface area (Å²) in [5, 5.41) is 3.85. The maximum absolute atomic E-state index is 13.1. The minimum atomic E-state index is -0.980. The molecule has 1 amide bonds. The Morgan fingerprint density at radius 1 is 1.14 bits per heavy atom. The summed E-state index contributed by atoms with van der Waals surface area (Å²) in [4.78, 5) is 34.3. The van der Waals surface area contributed by atoms with E-state index in [2.05, 4.69) is 10.3 Å². The number of nitrogens with one attached hydrogen (secondary N) is 1. The van der Waals surface area contributed by atoms with Crippen LogP contribution in [0.3, 0.4) is 0 Å². The van der Waals surface area contributed by atoms with Crippen molar-refractivity contribution in [3.63, 3.8) is 0 Å². The van der Waals surface area contributed by atoms with Crippen molar-refractivity contribution in [3.05, 3.63) is 64.4 Å². The lowest BCUT2D eigenvalue weighted by molar-refractivity contribution is -0.123. The van der Waals surface area contributed by atoms with E-state index in [0.29, 0.717) is 16.4 Å². The number of nitrogens with zero attached hydrogens (tertiary/aromatic N) is 2. The molecule has 3 aromatic rings. The fourth-order valence-electron chi connectivity index (χ4n) is 3.56. The molecule has 7 heteroatoms. The molecule has 0 fully saturated rings. The van der Waals surface area contributed by atoms with Gasteiger partial charge in [-0.25, -0.2) is 9.78 Å². The van der Waals surface area contributed by atoms with Crippen LogP contribution in [0.1, 0.15) is 41.4 Å². The number of carbonyl (C=O) groups is 2. The molecule has 0 bridgehead atoms. The van der Waals surface area contributed by atoms with Gasteiger partial charge in [0.05, 0.1) is 16.1 Å². The molecule has 2 aromatic heterocycles. The normalized spacial score (nSPS) is 14.1. The zero-order valence-corrected chi connectivity index (χ0v) is 16.7. The molecule has 1 aliphatic rings. The van der Waals surface area contributed by atoms with Crippen LogP contribution in [0.5, 0.6) is 0 Å². The Labute approximate surface area is 173 Å². The molecular weight excluding hydrogens is 390 g/mol. The summed E-state index contributed by atoms with van der Waals surface area (Å²) < 4.78 is 5.54. The lowest BCUT2D eigenvalue weighted by Gasteiger charge is -2.21. The number of halogens is 1. The van der Waals surface area contributed by atoms with E-state index < -0.39 is 18.0 Å². The van der Waals surface area contributed by atoms with Gasteiger partial charge in [0.1, 0.15) is 5.82 Å². The van der Waals surface area contributed by atoms with Crippen molar-refractivity contribution in [2.24, 2.45) is 0 Å². The van der Waals surface area contributed by atoms with Crippen molar-refractivity contribution < 1.29 is 14.3 Å². The number of hydrogen-bond acceptors (Lipinski definition) is 5. The molecule has 0 saturated carbocycles. The number of amides is 1. The highest BCUT2D eigenvalue weighted by molar-refractivity contribution is 6.30. The maximum Gasteiger partial charge on any atom is 0.339 e. The largest absolute Gasteiger partial charge is 0.449 e. The molecule has 1 aromatic carbocycles. The van der Waals surface area contributed by atoms with Crippen LogP contribution in [0.2, 0.25) is 5.02 Å². The number of para-hydroxylation sites is 1. The zero-order valence-electron chi connectivity index (χ0n) is 15.9. The van der Waals surface area contributed by atoms with Gasteiger partial charge in [-0.05, 0) is 56.4 Å². The predicted molar refractivity (Wildman–Crippen MR) is 111 cm³/mol. The number of anilines is 1. The second-order valence-corrected chi connectivity index (χ2v) is 7.47. The monoisotopic (exact) mass is 409 g/mol. The molecule has 0 radical (unpaired) electrons. The van der Waals surface area contributed by atoms with Crippen molar-refractivity contribution in [1.29, 1.82) is 0 Å². The second-order valence-electron chi connectivity index (χ2n) is 7.03. The van der Waals surface area contributed by atoms with Gasteiger partial charge < -0.3 is 10.1 Å². The molecular formula is C22H20ClN3O3. The quantitative estimate of drug-likeness (QED) is 0.648. The van der Waals surface area contributed by atoms with Gasteiger partial charge in [0, 0.05) is 17.3 Å². The first kappa shape index (κ1) is 19.3. The van der Waals surface area contributed by atoms with Crippen molar-refractivity contribution in [2.45, 2.75) is 38.7 Å². The van der Waals surface area contributed by atoms with Crippen LogP contribution in [0.15, 0.2) is 42.6 Å². The lowest BCUT2D eigenvalue weighted by Crippen LogP contribution is -2.31. The van der Waals surface area contributed by atoms with E-state index >= 15 is 0 Å². The van der Waals surface area contributed by atoms with E-state index in [9.17, 15) is 9.59 Å². The maximum atomic E-state index is 13.1. The molecule has 1 N–H and O–H groups in total. The van der Waals surface area contributed by atoms with E-state index in [1.165, 1.54) is 6.20 Å². The van der Waals surface area contributed by atoms with Crippen molar-refractivity contribution >= 4 is 40.2 Å². The van der Waals surface area contributed by atoms with Gasteiger partial charge in [-0.3, -0.25) is 9.78 Å². The Kier molecular flexibility index (Phi) is 5.45. The number of pyridine rings is 2. The van der Waals surface area contributed by atoms with Gasteiger partial charge in [-0.1, -0.05) is 29.8 Å². The van der Waals surface area contributed by atoms with Crippen molar-refractivity contribution in [2.75, 3.05) is 5.32 Å². The van der Waals surface area contributed by atoms with Gasteiger partial charge in [-0.2, -0.15) is 0 Å². The van der Waals surface area contributed by atoms with E-state index in [1.54, 1.807) is 19.1 Å². The van der Waals surface area contributed by atoms with Crippen LogP contribution in [0.4, 0.5) is 5.82 Å². The number of aryl methyl sites for hydroxylation is 1. The number of aromatic nitrogens is 2. The third kappa shape index (κ3) is 4.07. The molecule has 6 nitrogen and oxygen atoms in total. The average Bonchev–Trinajstić information content (AvgIpc) is 2.73. The van der Waals surface area contributed by atoms with Gasteiger partial charge in [0.2, 0.25) is 0 Å². The molecule has 0 aliphatic heterocycles. The smallest absolute Gasteiger partial charge is 0.339 e. The van der Waals surface area contributed by atoms with Gasteiger partial charge in [-0.15, -0.1) is 0 Å². The first-order chi connectivity index (χ1) is 14.0. The van der Waals surface area contributed by atoms with E-state index in [-0.39, 0.29) is 0 Å². The van der Waals surface area contributed by atoms with Crippen LogP contribution in [0.25, 0.3) is 10.9 Å². The standard InChI is InChI=1S/C22H20ClN3O3/c1-13(21(27)26-19-11-10-14(23)12-24-19)29-22(28)20-15-6-2-4-8-17(15)25-18-9-5-3-7-16(18)20/h2,4,6,8,10-13H,3,5,7,9H2,1H3,(H,24,26,27)/t13-/m1/s1. The second kappa shape index (κ2) is 8.17. The lowest BCUT2D eigenvalue weighted by atomic mass is 9.90. The van der Waals surface area contributed by atoms with Crippen molar-refractivity contribution in [1.82, 2.24) is 9.97 Å². The molecule has 4 rings (SSSR count).